The fraction of sp³-hybridized carbons (Fsp3) is 0.333. The molecule has 1 heterocycles. The predicted molar refractivity (Wildman–Crippen MR) is 156 cm³/mol. The van der Waals surface area contributed by atoms with Gasteiger partial charge in [0.05, 0.1) is 39.0 Å². The van der Waals surface area contributed by atoms with Gasteiger partial charge in [-0.2, -0.15) is 13.2 Å². The number of benzene rings is 3. The zero-order valence-corrected chi connectivity index (χ0v) is 25.0. The van der Waals surface area contributed by atoms with Crippen LogP contribution in [0.4, 0.5) is 23.2 Å². The molecule has 2 N–H and O–H groups in total. The lowest BCUT2D eigenvalue weighted by Gasteiger charge is -2.34. The van der Waals surface area contributed by atoms with Crippen LogP contribution in [-0.2, 0) is 16.2 Å². The number of rotatable bonds is 7. The second-order valence-corrected chi connectivity index (χ2v) is 14.0. The number of hydrogen-bond donors (Lipinski definition) is 2. The molecule has 0 bridgehead atoms. The Hall–Kier alpha value is -3.71. The summed E-state index contributed by atoms with van der Waals surface area (Å²) in [6, 6.07) is 9.81. The molecule has 0 radical (unpaired) electrons. The molecule has 1 fully saturated rings. The third-order valence-electron chi connectivity index (χ3n) is 7.82. The normalized spacial score (nSPS) is 15.9. The van der Waals surface area contributed by atoms with E-state index in [1.165, 1.54) is 30.3 Å². The Balaban J connectivity index is 1.48. The number of methoxy groups -OCH3 is 1. The summed E-state index contributed by atoms with van der Waals surface area (Å²) in [4.78, 5) is 15.3. The zero-order valence-electron chi connectivity index (χ0n) is 23.4. The number of thiazole rings is 1. The summed E-state index contributed by atoms with van der Waals surface area (Å²) in [5.74, 6) is -2.91. The largest absolute Gasteiger partial charge is 0.495 e. The maximum Gasteiger partial charge on any atom is 0.417 e. The predicted octanol–water partition coefficient (Wildman–Crippen LogP) is 8.31. The van der Waals surface area contributed by atoms with E-state index in [4.69, 9.17) is 9.84 Å². The van der Waals surface area contributed by atoms with Gasteiger partial charge in [-0.15, -0.1) is 11.3 Å². The number of halogens is 4. The average Bonchev–Trinajstić information content (AvgIpc) is 3.35. The van der Waals surface area contributed by atoms with Gasteiger partial charge in [0.1, 0.15) is 16.6 Å². The van der Waals surface area contributed by atoms with Crippen molar-refractivity contribution in [3.05, 3.63) is 71.0 Å². The summed E-state index contributed by atoms with van der Waals surface area (Å²) in [6.07, 6.45) is -1.11. The van der Waals surface area contributed by atoms with E-state index in [1.807, 2.05) is 0 Å². The van der Waals surface area contributed by atoms with E-state index in [0.29, 0.717) is 16.3 Å². The van der Waals surface area contributed by atoms with Crippen molar-refractivity contribution in [2.45, 2.75) is 56.5 Å². The van der Waals surface area contributed by atoms with Crippen LogP contribution in [0, 0.1) is 11.2 Å². The standard InChI is InChI=1S/C30H28F4N2O5S2/c1-29(2)10-8-16(9-11-29)17-4-6-19(21(12-17)30(32,33)34)27-35-24-13-18(5-7-26(24)42-27)43(39,40)36-23-15-22(31)20(28(37)38)14-25(23)41-3/h4-7,12-16,36H,8-11H2,1-3H3,(H,37,38). The van der Waals surface area contributed by atoms with Gasteiger partial charge < -0.3 is 9.84 Å². The van der Waals surface area contributed by atoms with Gasteiger partial charge in [0.15, 0.2) is 0 Å². The first-order valence-electron chi connectivity index (χ1n) is 13.3. The van der Waals surface area contributed by atoms with Crippen molar-refractivity contribution < 1.29 is 40.6 Å². The molecule has 0 saturated heterocycles. The summed E-state index contributed by atoms with van der Waals surface area (Å²) in [5.41, 5.74) is -0.924. The molecule has 1 aromatic heterocycles. The molecule has 1 aliphatic carbocycles. The van der Waals surface area contributed by atoms with Gasteiger partial charge in [-0.1, -0.05) is 26.0 Å². The maximum absolute atomic E-state index is 14.3. The average molecular weight is 637 g/mol. The van der Waals surface area contributed by atoms with Crippen LogP contribution in [0.25, 0.3) is 20.8 Å². The number of aromatic nitrogens is 1. The lowest BCUT2D eigenvalue weighted by atomic mass is 9.71. The Kier molecular flexibility index (Phi) is 7.93. The van der Waals surface area contributed by atoms with Crippen molar-refractivity contribution in [3.8, 4) is 16.3 Å². The Bertz CT molecular complexity index is 1820. The van der Waals surface area contributed by atoms with Gasteiger partial charge >= 0.3 is 12.1 Å². The molecular formula is C30H28F4N2O5S2. The smallest absolute Gasteiger partial charge is 0.417 e. The van der Waals surface area contributed by atoms with E-state index in [-0.39, 0.29) is 43.8 Å². The highest BCUT2D eigenvalue weighted by Gasteiger charge is 2.36. The minimum absolute atomic E-state index is 0.0474. The third-order valence-corrected chi connectivity index (χ3v) is 10.3. The zero-order chi connectivity index (χ0) is 31.3. The Morgan fingerprint density at radius 2 is 1.79 bits per heavy atom. The second kappa shape index (κ2) is 11.1. The summed E-state index contributed by atoms with van der Waals surface area (Å²) in [6.45, 7) is 4.34. The third kappa shape index (κ3) is 6.32. The van der Waals surface area contributed by atoms with E-state index in [9.17, 15) is 30.8 Å². The van der Waals surface area contributed by atoms with E-state index in [1.54, 1.807) is 6.07 Å². The van der Waals surface area contributed by atoms with E-state index in [0.717, 1.165) is 50.2 Å². The van der Waals surface area contributed by atoms with Gasteiger partial charge in [0.25, 0.3) is 10.0 Å². The number of carboxylic acids is 1. The molecule has 1 aliphatic rings. The highest BCUT2D eigenvalue weighted by atomic mass is 32.2. The minimum Gasteiger partial charge on any atom is -0.495 e. The fourth-order valence-corrected chi connectivity index (χ4v) is 7.39. The number of fused-ring (bicyclic) bond motifs is 1. The molecule has 0 atom stereocenters. The summed E-state index contributed by atoms with van der Waals surface area (Å²) in [5, 5.41) is 9.21. The molecule has 0 amide bonds. The molecule has 3 aromatic carbocycles. The minimum atomic E-state index is -4.62. The van der Waals surface area contributed by atoms with Crippen LogP contribution >= 0.6 is 11.3 Å². The van der Waals surface area contributed by atoms with Gasteiger partial charge in [0, 0.05) is 11.6 Å². The van der Waals surface area contributed by atoms with Crippen LogP contribution in [0.5, 0.6) is 5.75 Å². The number of carboxylic acid groups (broad SMARTS) is 1. The van der Waals surface area contributed by atoms with Crippen LogP contribution in [0.1, 0.15) is 66.9 Å². The summed E-state index contributed by atoms with van der Waals surface area (Å²) in [7, 11) is -3.20. The van der Waals surface area contributed by atoms with Crippen molar-refractivity contribution in [1.82, 2.24) is 4.98 Å². The van der Waals surface area contributed by atoms with Crippen molar-refractivity contribution in [3.63, 3.8) is 0 Å². The molecule has 13 heteroatoms. The number of alkyl halides is 3. The monoisotopic (exact) mass is 636 g/mol. The molecule has 0 aliphatic heterocycles. The first-order chi connectivity index (χ1) is 20.1. The van der Waals surface area contributed by atoms with Crippen LogP contribution in [0.3, 0.4) is 0 Å². The molecule has 1 saturated carbocycles. The Morgan fingerprint density at radius 1 is 1.09 bits per heavy atom. The van der Waals surface area contributed by atoms with Gasteiger partial charge in [0.2, 0.25) is 0 Å². The van der Waals surface area contributed by atoms with Gasteiger partial charge in [-0.25, -0.2) is 22.6 Å². The number of ether oxygens (including phenoxy) is 1. The number of hydrogen-bond acceptors (Lipinski definition) is 6. The topological polar surface area (TPSA) is 106 Å². The van der Waals surface area contributed by atoms with E-state index < -0.39 is 39.1 Å². The molecule has 228 valence electrons. The number of nitrogens with one attached hydrogen (secondary N) is 1. The van der Waals surface area contributed by atoms with Crippen molar-refractivity contribution in [1.29, 1.82) is 0 Å². The number of sulfonamides is 1. The number of carbonyl (C=O) groups is 1. The molecule has 0 unspecified atom stereocenters. The van der Waals surface area contributed by atoms with Crippen LogP contribution in [0.2, 0.25) is 0 Å². The van der Waals surface area contributed by atoms with E-state index >= 15 is 0 Å². The van der Waals surface area contributed by atoms with Crippen LogP contribution in [-0.4, -0.2) is 31.6 Å². The molecule has 7 nitrogen and oxygen atoms in total. The maximum atomic E-state index is 14.3. The molecule has 4 aromatic rings. The van der Waals surface area contributed by atoms with Crippen molar-refractivity contribution >= 4 is 43.2 Å². The quantitative estimate of drug-likeness (QED) is 0.198. The lowest BCUT2D eigenvalue weighted by molar-refractivity contribution is -0.137. The van der Waals surface area contributed by atoms with Gasteiger partial charge in [-0.3, -0.25) is 4.72 Å². The fourth-order valence-electron chi connectivity index (χ4n) is 5.33. The van der Waals surface area contributed by atoms with Crippen LogP contribution in [0.15, 0.2) is 53.4 Å². The molecule has 43 heavy (non-hydrogen) atoms. The number of aromatic carboxylic acids is 1. The van der Waals surface area contributed by atoms with Crippen molar-refractivity contribution in [2.24, 2.45) is 5.41 Å². The highest BCUT2D eigenvalue weighted by Crippen LogP contribution is 2.46. The summed E-state index contributed by atoms with van der Waals surface area (Å²) >= 11 is 1.01. The number of anilines is 1. The first kappa shape index (κ1) is 30.7. The summed E-state index contributed by atoms with van der Waals surface area (Å²) < 4.78 is 91.1. The Labute approximate surface area is 249 Å². The van der Waals surface area contributed by atoms with Crippen LogP contribution < -0.4 is 9.46 Å². The lowest BCUT2D eigenvalue weighted by Crippen LogP contribution is -2.20. The SMILES string of the molecule is COc1cc(C(=O)O)c(F)cc1NS(=O)(=O)c1ccc2sc(-c3ccc(C4CCC(C)(C)CC4)cc3C(F)(F)F)nc2c1. The van der Waals surface area contributed by atoms with Crippen molar-refractivity contribution in [2.75, 3.05) is 11.8 Å². The first-order valence-corrected chi connectivity index (χ1v) is 15.6. The molecule has 0 spiro atoms. The Morgan fingerprint density at radius 3 is 2.42 bits per heavy atom. The highest BCUT2D eigenvalue weighted by molar-refractivity contribution is 7.92. The molecular weight excluding hydrogens is 608 g/mol. The second-order valence-electron chi connectivity index (χ2n) is 11.3. The van der Waals surface area contributed by atoms with Gasteiger partial charge in [-0.05, 0) is 72.9 Å². The number of nitrogens with zero attached hydrogens (tertiary/aromatic N) is 1. The molecule has 5 rings (SSSR count). The van der Waals surface area contributed by atoms with E-state index in [2.05, 4.69) is 23.6 Å².